The number of nitrogen functional groups attached to an aromatic ring is 4. The van der Waals surface area contributed by atoms with E-state index in [1.165, 1.54) is 24.3 Å². The summed E-state index contributed by atoms with van der Waals surface area (Å²) < 4.78 is 43.8. The van der Waals surface area contributed by atoms with Crippen LogP contribution >= 0.6 is 24.1 Å². The molecule has 0 amide bonds. The molecule has 0 aliphatic carbocycles. The molecule has 23 heteroatoms. The Labute approximate surface area is 372 Å². The average Bonchev–Trinajstić information content (AvgIpc) is 3.05. The molecule has 0 atom stereocenters. The van der Waals surface area contributed by atoms with Crippen LogP contribution in [0.2, 0.25) is 0 Å². The van der Waals surface area contributed by atoms with Crippen LogP contribution in [0.3, 0.4) is 0 Å². The third kappa shape index (κ3) is 14.1. The van der Waals surface area contributed by atoms with Crippen LogP contribution in [-0.2, 0) is 28.9 Å². The zero-order chi connectivity index (χ0) is 35.6. The standard InChI is InChI=1S/C16H14N4O6S2.C13H14N4O3S.3Na/c17-9-4-5-14(13(18)6-9)20-19-10-7-12-11(16(8-10)28(22,23)24)2-1-3-15(12)27-26-25-21;1-8-2-4-12(13(6-8)21-20-19-18)17-16-11-5-3-9(14)7-10(11)15;;;/h1-8,21H,17-18H2,(H,22,23,24);2-7,18H,14-15H2,1H3;;;/q;;3*+1/p-3. The maximum atomic E-state index is 11.7. The van der Waals surface area contributed by atoms with Gasteiger partial charge in [0, 0.05) is 27.0 Å². The van der Waals surface area contributed by atoms with Gasteiger partial charge in [0.05, 0.1) is 50.9 Å². The Bertz CT molecular complexity index is 2140. The molecule has 8 N–H and O–H groups in total. The first-order valence-corrected chi connectivity index (χ1v) is 16.3. The Balaban J connectivity index is 0.000000510. The molecule has 0 aliphatic rings. The van der Waals surface area contributed by atoms with E-state index in [2.05, 4.69) is 39.2 Å². The van der Waals surface area contributed by atoms with E-state index in [-0.39, 0.29) is 105 Å². The zero-order valence-electron chi connectivity index (χ0n) is 28.1. The summed E-state index contributed by atoms with van der Waals surface area (Å²) in [6, 6.07) is 22.1. The number of hydrogen-bond donors (Lipinski definition) is 4. The first-order valence-electron chi connectivity index (χ1n) is 13.4. The van der Waals surface area contributed by atoms with Gasteiger partial charge in [-0.2, -0.15) is 13.8 Å². The van der Waals surface area contributed by atoms with Crippen LogP contribution in [0.25, 0.3) is 10.8 Å². The van der Waals surface area contributed by atoms with E-state index in [9.17, 15) is 23.5 Å². The van der Waals surface area contributed by atoms with E-state index >= 15 is 0 Å². The number of aryl methyl sites for hydroxylation is 1. The Kier molecular flexibility index (Phi) is 21.4. The molecule has 17 nitrogen and oxygen atoms in total. The first-order chi connectivity index (χ1) is 23.4. The van der Waals surface area contributed by atoms with Crippen molar-refractivity contribution >= 4 is 90.5 Å². The van der Waals surface area contributed by atoms with E-state index in [4.69, 9.17) is 22.9 Å². The van der Waals surface area contributed by atoms with Crippen LogP contribution < -0.4 is 122 Å². The quantitative estimate of drug-likeness (QED) is 0.0191. The van der Waals surface area contributed by atoms with Gasteiger partial charge in [0.25, 0.3) is 0 Å². The number of hydrogen-bond acceptors (Lipinski definition) is 19. The molecule has 0 saturated carbocycles. The summed E-state index contributed by atoms with van der Waals surface area (Å²) in [7, 11) is -4.82. The van der Waals surface area contributed by atoms with Crippen molar-refractivity contribution in [3.63, 3.8) is 0 Å². The molecule has 0 unspecified atom stereocenters. The fraction of sp³-hybridized carbons (Fsp3) is 0.0345. The molecule has 0 radical (unpaired) electrons. The Morgan fingerprint density at radius 3 is 1.67 bits per heavy atom. The van der Waals surface area contributed by atoms with Gasteiger partial charge in [0.1, 0.15) is 27.2 Å². The molecule has 256 valence electrons. The summed E-state index contributed by atoms with van der Waals surface area (Å²) >= 11 is 1.32. The molecular formula is C29H25N8Na3O9S3. The zero-order valence-corrected chi connectivity index (χ0v) is 36.5. The number of nitrogens with zero attached hydrogens (tertiary/aromatic N) is 4. The molecule has 5 aromatic rings. The van der Waals surface area contributed by atoms with Gasteiger partial charge in [0.15, 0.2) is 0 Å². The maximum absolute atomic E-state index is 11.7. The van der Waals surface area contributed by atoms with Crippen molar-refractivity contribution in [3.05, 3.63) is 90.5 Å². The number of benzene rings is 5. The monoisotopic (exact) mass is 794 g/mol. The molecule has 52 heavy (non-hydrogen) atoms. The van der Waals surface area contributed by atoms with Crippen LogP contribution in [0.5, 0.6) is 0 Å². The molecule has 5 aromatic carbocycles. The van der Waals surface area contributed by atoms with E-state index in [0.29, 0.717) is 61.3 Å². The first kappa shape index (κ1) is 48.1. The minimum Gasteiger partial charge on any atom is -0.744 e. The minimum absolute atomic E-state index is 0. The SMILES string of the molecule is Cc1ccc(N=Nc2ccc(N)cc2N)c(SOO[O-])c1.Nc1ccc(N=Nc2cc(S(=O)(=O)[O-])c3cccc(SOO[O-])c3c2)c(N)c1.[Na+].[Na+].[Na+]. The maximum Gasteiger partial charge on any atom is 1.00 e. The van der Waals surface area contributed by atoms with Crippen LogP contribution in [0.4, 0.5) is 45.5 Å². The van der Waals surface area contributed by atoms with Crippen LogP contribution in [0.1, 0.15) is 5.56 Å². The minimum atomic E-state index is -4.82. The van der Waals surface area contributed by atoms with Crippen molar-refractivity contribution < 1.29 is 131 Å². The van der Waals surface area contributed by atoms with E-state index in [1.807, 2.05) is 13.0 Å². The van der Waals surface area contributed by atoms with Gasteiger partial charge >= 0.3 is 88.7 Å². The smallest absolute Gasteiger partial charge is 0.744 e. The summed E-state index contributed by atoms with van der Waals surface area (Å²) in [5.74, 6) is 0. The fourth-order valence-electron chi connectivity index (χ4n) is 4.07. The van der Waals surface area contributed by atoms with Crippen LogP contribution in [-0.4, -0.2) is 13.0 Å². The molecule has 0 fully saturated rings. The van der Waals surface area contributed by atoms with Crippen molar-refractivity contribution in [2.45, 2.75) is 21.6 Å². The van der Waals surface area contributed by atoms with Gasteiger partial charge in [-0.15, -0.1) is 15.3 Å². The average molecular weight is 795 g/mol. The molecule has 0 saturated heterocycles. The Hall–Kier alpha value is -1.87. The van der Waals surface area contributed by atoms with Crippen molar-refractivity contribution in [3.8, 4) is 0 Å². The van der Waals surface area contributed by atoms with E-state index in [1.54, 1.807) is 48.5 Å². The van der Waals surface area contributed by atoms with Crippen LogP contribution in [0.15, 0.2) is 120 Å². The topological polar surface area (TPSA) is 294 Å². The molecule has 0 spiro atoms. The molecule has 0 heterocycles. The predicted octanol–water partition coefficient (Wildman–Crippen LogP) is -3.63. The summed E-state index contributed by atoms with van der Waals surface area (Å²) in [6.07, 6.45) is 0. The van der Waals surface area contributed by atoms with Gasteiger partial charge in [-0.25, -0.2) is 8.42 Å². The molecule has 0 bridgehead atoms. The van der Waals surface area contributed by atoms with Crippen LogP contribution in [0, 0.1) is 6.92 Å². The van der Waals surface area contributed by atoms with Crippen molar-refractivity contribution in [1.29, 1.82) is 0 Å². The predicted molar refractivity (Wildman–Crippen MR) is 178 cm³/mol. The molecular weight excluding hydrogens is 770 g/mol. The second kappa shape index (κ2) is 23.1. The summed E-state index contributed by atoms with van der Waals surface area (Å²) in [5.41, 5.74) is 27.0. The van der Waals surface area contributed by atoms with Gasteiger partial charge in [-0.05, 0) is 79.2 Å². The summed E-state index contributed by atoms with van der Waals surface area (Å²) in [4.78, 5) is 0.445. The van der Waals surface area contributed by atoms with Gasteiger partial charge in [-0.3, -0.25) is 10.1 Å². The number of nitrogens with two attached hydrogens (primary N) is 4. The van der Waals surface area contributed by atoms with Crippen molar-refractivity contribution in [1.82, 2.24) is 0 Å². The normalized spacial score (nSPS) is 11.0. The summed E-state index contributed by atoms with van der Waals surface area (Å²) in [6.45, 7) is 1.90. The van der Waals surface area contributed by atoms with Crippen molar-refractivity contribution in [2.24, 2.45) is 20.5 Å². The Morgan fingerprint density at radius 2 is 1.13 bits per heavy atom. The molecule has 5 rings (SSSR count). The van der Waals surface area contributed by atoms with E-state index < -0.39 is 15.0 Å². The van der Waals surface area contributed by atoms with E-state index in [0.717, 1.165) is 23.7 Å². The summed E-state index contributed by atoms with van der Waals surface area (Å²) in [5, 5.41) is 43.3. The van der Waals surface area contributed by atoms with Gasteiger partial charge < -0.3 is 38.0 Å². The van der Waals surface area contributed by atoms with Gasteiger partial charge in [0.2, 0.25) is 0 Å². The second-order valence-electron chi connectivity index (χ2n) is 9.70. The Morgan fingerprint density at radius 1 is 0.615 bits per heavy atom. The number of azo groups is 2. The third-order valence-corrected chi connectivity index (χ3v) is 8.40. The number of anilines is 4. The van der Waals surface area contributed by atoms with Crippen molar-refractivity contribution in [2.75, 3.05) is 22.9 Å². The molecule has 0 aliphatic heterocycles. The van der Waals surface area contributed by atoms with Gasteiger partial charge in [-0.1, -0.05) is 18.2 Å². The fourth-order valence-corrected chi connectivity index (χ4v) is 5.80. The largest absolute Gasteiger partial charge is 1.00 e. The molecule has 0 aromatic heterocycles. The number of fused-ring (bicyclic) bond motifs is 1. The second-order valence-corrected chi connectivity index (χ2v) is 12.5. The third-order valence-electron chi connectivity index (χ3n) is 6.23. The number of rotatable bonds is 11.